The van der Waals surface area contributed by atoms with Crippen LogP contribution in [0, 0.1) is 0 Å². The maximum absolute atomic E-state index is 12.8. The Hall–Kier alpha value is -4.04. The lowest BCUT2D eigenvalue weighted by molar-refractivity contribution is -0.123. The maximum atomic E-state index is 12.8. The fraction of sp³-hybridized carbons (Fsp3) is 0.250. The van der Waals surface area contributed by atoms with Gasteiger partial charge < -0.3 is 19.5 Å². The van der Waals surface area contributed by atoms with Crippen LogP contribution in [0.2, 0.25) is 5.02 Å². The van der Waals surface area contributed by atoms with Crippen LogP contribution in [-0.2, 0) is 22.6 Å². The number of nitrogens with zero attached hydrogens (tertiary/aromatic N) is 1. The number of halogens is 1. The molecule has 0 aliphatic heterocycles. The molecule has 0 heterocycles. The first-order chi connectivity index (χ1) is 18.0. The third kappa shape index (κ3) is 8.84. The van der Waals surface area contributed by atoms with Gasteiger partial charge in [-0.1, -0.05) is 60.1 Å². The van der Waals surface area contributed by atoms with Crippen molar-refractivity contribution in [1.82, 2.24) is 10.7 Å². The molecule has 0 aliphatic carbocycles. The van der Waals surface area contributed by atoms with E-state index in [2.05, 4.69) is 15.8 Å². The van der Waals surface area contributed by atoms with Crippen LogP contribution in [0.25, 0.3) is 0 Å². The number of carbonyl (C=O) groups excluding carboxylic acids is 2. The minimum atomic E-state index is -0.863. The lowest BCUT2D eigenvalue weighted by Crippen LogP contribution is -2.47. The van der Waals surface area contributed by atoms with Crippen molar-refractivity contribution in [2.75, 3.05) is 13.2 Å². The number of ether oxygens (including phenoxy) is 3. The van der Waals surface area contributed by atoms with Gasteiger partial charge in [0, 0.05) is 17.0 Å². The van der Waals surface area contributed by atoms with Gasteiger partial charge in [-0.2, -0.15) is 5.10 Å². The minimum Gasteiger partial charge on any atom is -0.490 e. The van der Waals surface area contributed by atoms with Crippen molar-refractivity contribution >= 4 is 29.8 Å². The van der Waals surface area contributed by atoms with Gasteiger partial charge in [-0.3, -0.25) is 4.79 Å². The molecule has 0 saturated heterocycles. The second-order valence-corrected chi connectivity index (χ2v) is 8.27. The molecule has 3 aromatic carbocycles. The van der Waals surface area contributed by atoms with Crippen LogP contribution in [0.4, 0.5) is 4.79 Å². The largest absolute Gasteiger partial charge is 0.490 e. The third-order valence-corrected chi connectivity index (χ3v) is 5.53. The highest BCUT2D eigenvalue weighted by atomic mass is 35.5. The quantitative estimate of drug-likeness (QED) is 0.253. The van der Waals surface area contributed by atoms with E-state index in [4.69, 9.17) is 25.8 Å². The fourth-order valence-corrected chi connectivity index (χ4v) is 3.58. The van der Waals surface area contributed by atoms with E-state index in [0.717, 1.165) is 11.1 Å². The van der Waals surface area contributed by atoms with Crippen LogP contribution in [0.15, 0.2) is 77.9 Å². The molecule has 37 heavy (non-hydrogen) atoms. The molecule has 0 unspecified atom stereocenters. The molecule has 0 fully saturated rings. The van der Waals surface area contributed by atoms with Gasteiger partial charge in [-0.25, -0.2) is 10.2 Å². The standard InChI is InChI=1S/C28H30ClN3O5/c1-3-35-26-17-21(14-15-25(26)37-19-22-12-8-9-13-23(22)29)18-30-32-27(33)24(31-28(34)36-4-2)16-20-10-6-5-7-11-20/h5-15,17-18,24H,3-4,16,19H2,1-2H3,(H,31,34)(H,32,33)/b30-18-/t24-/m1/s1. The molecule has 0 aromatic heterocycles. The highest BCUT2D eigenvalue weighted by Crippen LogP contribution is 2.29. The Morgan fingerprint density at radius 1 is 0.946 bits per heavy atom. The summed E-state index contributed by atoms with van der Waals surface area (Å²) in [5.41, 5.74) is 4.93. The van der Waals surface area contributed by atoms with Crippen LogP contribution in [-0.4, -0.2) is 37.5 Å². The van der Waals surface area contributed by atoms with Gasteiger partial charge in [0.05, 0.1) is 19.4 Å². The van der Waals surface area contributed by atoms with E-state index in [1.54, 1.807) is 25.1 Å². The van der Waals surface area contributed by atoms with Crippen molar-refractivity contribution in [3.8, 4) is 11.5 Å². The lowest BCUT2D eigenvalue weighted by Gasteiger charge is -2.17. The van der Waals surface area contributed by atoms with E-state index in [1.165, 1.54) is 6.21 Å². The number of nitrogens with one attached hydrogen (secondary N) is 2. The SMILES string of the molecule is CCOC(=O)N[C@H](Cc1ccccc1)C(=O)N/N=C\c1ccc(OCc2ccccc2Cl)c(OCC)c1. The summed E-state index contributed by atoms with van der Waals surface area (Å²) in [6, 6.07) is 21.3. The first-order valence-electron chi connectivity index (χ1n) is 11.9. The predicted molar refractivity (Wildman–Crippen MR) is 143 cm³/mol. The number of hydrogen-bond donors (Lipinski definition) is 2. The van der Waals surface area contributed by atoms with Gasteiger partial charge in [-0.05, 0) is 49.2 Å². The highest BCUT2D eigenvalue weighted by molar-refractivity contribution is 6.31. The average molecular weight is 524 g/mol. The number of rotatable bonds is 12. The van der Waals surface area contributed by atoms with Gasteiger partial charge in [0.1, 0.15) is 12.6 Å². The van der Waals surface area contributed by atoms with Gasteiger partial charge in [0.15, 0.2) is 11.5 Å². The van der Waals surface area contributed by atoms with Gasteiger partial charge in [-0.15, -0.1) is 0 Å². The normalized spacial score (nSPS) is 11.5. The smallest absolute Gasteiger partial charge is 0.407 e. The summed E-state index contributed by atoms with van der Waals surface area (Å²) in [6.07, 6.45) is 1.10. The molecule has 0 saturated carbocycles. The van der Waals surface area contributed by atoms with Crippen LogP contribution < -0.4 is 20.2 Å². The fourth-order valence-electron chi connectivity index (χ4n) is 3.39. The minimum absolute atomic E-state index is 0.198. The maximum Gasteiger partial charge on any atom is 0.407 e. The van der Waals surface area contributed by atoms with Gasteiger partial charge >= 0.3 is 6.09 Å². The molecule has 1 atom stereocenters. The summed E-state index contributed by atoms with van der Waals surface area (Å²) in [6.45, 7) is 4.51. The van der Waals surface area contributed by atoms with Crippen LogP contribution in [0.3, 0.4) is 0 Å². The zero-order chi connectivity index (χ0) is 26.5. The molecule has 0 spiro atoms. The Kier molecular flexibility index (Phi) is 10.8. The molecule has 2 amide bonds. The topological polar surface area (TPSA) is 98.2 Å². The van der Waals surface area contributed by atoms with Crippen molar-refractivity contribution in [2.24, 2.45) is 5.10 Å². The van der Waals surface area contributed by atoms with E-state index in [1.807, 2.05) is 61.5 Å². The first kappa shape index (κ1) is 27.5. The first-order valence-corrected chi connectivity index (χ1v) is 12.3. The number of alkyl carbamates (subject to hydrolysis) is 1. The van der Waals surface area contributed by atoms with Crippen LogP contribution in [0.1, 0.15) is 30.5 Å². The third-order valence-electron chi connectivity index (χ3n) is 5.16. The monoisotopic (exact) mass is 523 g/mol. The molecular formula is C28H30ClN3O5. The van der Waals surface area contributed by atoms with E-state index >= 15 is 0 Å². The molecule has 0 aliphatic rings. The number of hydrazone groups is 1. The summed E-state index contributed by atoms with van der Waals surface area (Å²) < 4.78 is 16.6. The summed E-state index contributed by atoms with van der Waals surface area (Å²) in [5, 5.41) is 7.28. The molecule has 3 aromatic rings. The van der Waals surface area contributed by atoms with E-state index in [9.17, 15) is 9.59 Å². The molecule has 3 rings (SSSR count). The summed E-state index contributed by atoms with van der Waals surface area (Å²) in [7, 11) is 0. The zero-order valence-corrected chi connectivity index (χ0v) is 21.5. The Balaban J connectivity index is 1.66. The summed E-state index contributed by atoms with van der Waals surface area (Å²) in [4.78, 5) is 24.7. The molecule has 2 N–H and O–H groups in total. The number of carbonyl (C=O) groups is 2. The second kappa shape index (κ2) is 14.5. The second-order valence-electron chi connectivity index (χ2n) is 7.86. The van der Waals surface area contributed by atoms with E-state index in [-0.39, 0.29) is 13.0 Å². The van der Waals surface area contributed by atoms with Crippen molar-refractivity contribution < 1.29 is 23.8 Å². The summed E-state index contributed by atoms with van der Waals surface area (Å²) >= 11 is 6.22. The van der Waals surface area contributed by atoms with Gasteiger partial charge in [0.2, 0.25) is 0 Å². The molecule has 194 valence electrons. The molecular weight excluding hydrogens is 494 g/mol. The van der Waals surface area contributed by atoms with Crippen molar-refractivity contribution in [3.05, 3.63) is 94.5 Å². The zero-order valence-electron chi connectivity index (χ0n) is 20.8. The lowest BCUT2D eigenvalue weighted by atomic mass is 10.1. The molecule has 0 radical (unpaired) electrons. The number of hydrogen-bond acceptors (Lipinski definition) is 6. The highest BCUT2D eigenvalue weighted by Gasteiger charge is 2.21. The number of amides is 2. The predicted octanol–water partition coefficient (Wildman–Crippen LogP) is 5.13. The summed E-state index contributed by atoms with van der Waals surface area (Å²) in [5.74, 6) is 0.623. The Morgan fingerprint density at radius 2 is 1.70 bits per heavy atom. The Bertz CT molecular complexity index is 1200. The Morgan fingerprint density at radius 3 is 2.43 bits per heavy atom. The van der Waals surface area contributed by atoms with Crippen LogP contribution in [0.5, 0.6) is 11.5 Å². The Labute approximate surface area is 221 Å². The van der Waals surface area contributed by atoms with Crippen LogP contribution >= 0.6 is 11.6 Å². The van der Waals surface area contributed by atoms with Crippen molar-refractivity contribution in [2.45, 2.75) is 32.9 Å². The van der Waals surface area contributed by atoms with E-state index in [0.29, 0.717) is 35.3 Å². The van der Waals surface area contributed by atoms with E-state index < -0.39 is 18.0 Å². The number of benzene rings is 3. The van der Waals surface area contributed by atoms with Gasteiger partial charge in [0.25, 0.3) is 5.91 Å². The molecule has 0 bridgehead atoms. The van der Waals surface area contributed by atoms with Crippen molar-refractivity contribution in [3.63, 3.8) is 0 Å². The molecule has 8 nitrogen and oxygen atoms in total. The average Bonchev–Trinajstić information content (AvgIpc) is 2.89. The van der Waals surface area contributed by atoms with Crippen molar-refractivity contribution in [1.29, 1.82) is 0 Å². The molecule has 9 heteroatoms.